The lowest BCUT2D eigenvalue weighted by Gasteiger charge is -2.13. The first-order chi connectivity index (χ1) is 9.34. The van der Waals surface area contributed by atoms with Gasteiger partial charge in [0.25, 0.3) is 0 Å². The second kappa shape index (κ2) is 4.94. The minimum Gasteiger partial charge on any atom is -0.351 e. The minimum absolute atomic E-state index is 0.0663. The second-order valence-electron chi connectivity index (χ2n) is 4.25. The SMILES string of the molecule is Nc1nc(C(c2ccccc2)c2ccccc2)no1. The van der Waals surface area contributed by atoms with E-state index in [0.29, 0.717) is 5.82 Å². The molecule has 19 heavy (non-hydrogen) atoms. The van der Waals surface area contributed by atoms with Crippen LogP contribution in [0.15, 0.2) is 65.2 Å². The van der Waals surface area contributed by atoms with Crippen LogP contribution in [0.2, 0.25) is 0 Å². The lowest BCUT2D eigenvalue weighted by molar-refractivity contribution is 0.426. The lowest BCUT2D eigenvalue weighted by atomic mass is 9.91. The van der Waals surface area contributed by atoms with Gasteiger partial charge < -0.3 is 10.3 Å². The fraction of sp³-hybridized carbons (Fsp3) is 0.0667. The molecule has 0 aliphatic heterocycles. The highest BCUT2D eigenvalue weighted by Gasteiger charge is 2.21. The second-order valence-corrected chi connectivity index (χ2v) is 4.25. The highest BCUT2D eigenvalue weighted by atomic mass is 16.5. The van der Waals surface area contributed by atoms with E-state index < -0.39 is 0 Å². The standard InChI is InChI=1S/C15H13N3O/c16-15-17-14(18-19-15)13(11-7-3-1-4-8-11)12-9-5-2-6-10-12/h1-10,13H,(H2,16,17,18). The van der Waals surface area contributed by atoms with Gasteiger partial charge in [0.2, 0.25) is 0 Å². The zero-order valence-corrected chi connectivity index (χ0v) is 10.2. The van der Waals surface area contributed by atoms with Crippen molar-refractivity contribution in [3.63, 3.8) is 0 Å². The molecule has 0 atom stereocenters. The van der Waals surface area contributed by atoms with E-state index >= 15 is 0 Å². The van der Waals surface area contributed by atoms with Crippen LogP contribution in [0, 0.1) is 0 Å². The van der Waals surface area contributed by atoms with E-state index in [0.717, 1.165) is 11.1 Å². The third kappa shape index (κ3) is 2.33. The molecule has 0 saturated heterocycles. The van der Waals surface area contributed by atoms with Crippen LogP contribution in [-0.2, 0) is 0 Å². The molecular weight excluding hydrogens is 238 g/mol. The Labute approximate surface area is 110 Å². The minimum atomic E-state index is -0.0663. The van der Waals surface area contributed by atoms with E-state index in [1.54, 1.807) is 0 Å². The number of hydrogen-bond donors (Lipinski definition) is 1. The number of nitrogens with two attached hydrogens (primary N) is 1. The highest BCUT2D eigenvalue weighted by molar-refractivity contribution is 5.38. The molecule has 0 aliphatic rings. The van der Waals surface area contributed by atoms with Gasteiger partial charge in [-0.25, -0.2) is 0 Å². The summed E-state index contributed by atoms with van der Waals surface area (Å²) in [6, 6.07) is 20.2. The van der Waals surface area contributed by atoms with Crippen molar-refractivity contribution in [3.05, 3.63) is 77.6 Å². The quantitative estimate of drug-likeness (QED) is 0.777. The van der Waals surface area contributed by atoms with Gasteiger partial charge in [-0.1, -0.05) is 65.8 Å². The molecule has 0 bridgehead atoms. The fourth-order valence-corrected chi connectivity index (χ4v) is 2.15. The Morgan fingerprint density at radius 3 is 1.79 bits per heavy atom. The van der Waals surface area contributed by atoms with Crippen molar-refractivity contribution in [2.75, 3.05) is 5.73 Å². The Hall–Kier alpha value is -2.62. The van der Waals surface area contributed by atoms with Gasteiger partial charge in [-0.2, -0.15) is 4.98 Å². The highest BCUT2D eigenvalue weighted by Crippen LogP contribution is 2.29. The molecule has 2 aromatic carbocycles. The Bertz CT molecular complexity index is 610. The van der Waals surface area contributed by atoms with Gasteiger partial charge in [0.05, 0.1) is 5.92 Å². The maximum absolute atomic E-state index is 5.53. The molecule has 4 nitrogen and oxygen atoms in total. The Kier molecular flexibility index (Phi) is 2.98. The number of anilines is 1. The van der Waals surface area contributed by atoms with Gasteiger partial charge in [-0.3, -0.25) is 0 Å². The maximum Gasteiger partial charge on any atom is 0.318 e. The molecule has 94 valence electrons. The smallest absolute Gasteiger partial charge is 0.318 e. The number of benzene rings is 2. The van der Waals surface area contributed by atoms with Crippen molar-refractivity contribution in [2.45, 2.75) is 5.92 Å². The van der Waals surface area contributed by atoms with Crippen molar-refractivity contribution in [1.29, 1.82) is 0 Å². The predicted molar refractivity (Wildman–Crippen MR) is 72.5 cm³/mol. The molecule has 3 rings (SSSR count). The van der Waals surface area contributed by atoms with E-state index in [4.69, 9.17) is 10.3 Å². The summed E-state index contributed by atoms with van der Waals surface area (Å²) >= 11 is 0. The van der Waals surface area contributed by atoms with Crippen LogP contribution in [0.25, 0.3) is 0 Å². The topological polar surface area (TPSA) is 64.9 Å². The molecular formula is C15H13N3O. The zero-order valence-electron chi connectivity index (χ0n) is 10.2. The average Bonchev–Trinajstić information content (AvgIpc) is 2.88. The Balaban J connectivity index is 2.11. The van der Waals surface area contributed by atoms with Crippen LogP contribution in [0.5, 0.6) is 0 Å². The molecule has 0 unspecified atom stereocenters. The third-order valence-corrected chi connectivity index (χ3v) is 2.98. The Morgan fingerprint density at radius 2 is 1.37 bits per heavy atom. The van der Waals surface area contributed by atoms with E-state index in [2.05, 4.69) is 10.1 Å². The summed E-state index contributed by atoms with van der Waals surface area (Å²) < 4.78 is 4.91. The van der Waals surface area contributed by atoms with Crippen LogP contribution < -0.4 is 5.73 Å². The van der Waals surface area contributed by atoms with Crippen molar-refractivity contribution in [3.8, 4) is 0 Å². The molecule has 3 aromatic rings. The number of aromatic nitrogens is 2. The van der Waals surface area contributed by atoms with Crippen molar-refractivity contribution in [1.82, 2.24) is 10.1 Å². The first kappa shape index (κ1) is 11.5. The van der Waals surface area contributed by atoms with E-state index in [-0.39, 0.29) is 11.9 Å². The number of nitrogen functional groups attached to an aromatic ring is 1. The van der Waals surface area contributed by atoms with Crippen LogP contribution in [0.3, 0.4) is 0 Å². The Morgan fingerprint density at radius 1 is 0.842 bits per heavy atom. The first-order valence-corrected chi connectivity index (χ1v) is 6.03. The van der Waals surface area contributed by atoms with Gasteiger partial charge in [-0.15, -0.1) is 0 Å². The molecule has 0 radical (unpaired) electrons. The van der Waals surface area contributed by atoms with Crippen LogP contribution in [-0.4, -0.2) is 10.1 Å². The molecule has 0 spiro atoms. The monoisotopic (exact) mass is 251 g/mol. The van der Waals surface area contributed by atoms with Crippen molar-refractivity contribution in [2.24, 2.45) is 0 Å². The summed E-state index contributed by atoms with van der Waals surface area (Å²) in [5, 5.41) is 3.96. The predicted octanol–water partition coefficient (Wildman–Crippen LogP) is 2.83. The van der Waals surface area contributed by atoms with E-state index in [1.807, 2.05) is 60.7 Å². The van der Waals surface area contributed by atoms with E-state index in [9.17, 15) is 0 Å². The molecule has 0 amide bonds. The molecule has 1 aromatic heterocycles. The lowest BCUT2D eigenvalue weighted by Crippen LogP contribution is -2.05. The van der Waals surface area contributed by atoms with E-state index in [1.165, 1.54) is 0 Å². The molecule has 0 fully saturated rings. The number of nitrogens with zero attached hydrogens (tertiary/aromatic N) is 2. The molecule has 0 saturated carbocycles. The number of rotatable bonds is 3. The van der Waals surface area contributed by atoms with Crippen LogP contribution in [0.4, 0.5) is 6.01 Å². The van der Waals surface area contributed by atoms with Crippen molar-refractivity contribution >= 4 is 6.01 Å². The summed E-state index contributed by atoms with van der Waals surface area (Å²) in [7, 11) is 0. The van der Waals surface area contributed by atoms with Crippen LogP contribution >= 0.6 is 0 Å². The summed E-state index contributed by atoms with van der Waals surface area (Å²) in [5.41, 5.74) is 7.74. The molecule has 4 heteroatoms. The summed E-state index contributed by atoms with van der Waals surface area (Å²) in [6.45, 7) is 0. The maximum atomic E-state index is 5.53. The normalized spacial score (nSPS) is 10.8. The largest absolute Gasteiger partial charge is 0.351 e. The first-order valence-electron chi connectivity index (χ1n) is 6.03. The third-order valence-electron chi connectivity index (χ3n) is 2.98. The zero-order chi connectivity index (χ0) is 13.1. The molecule has 0 aliphatic carbocycles. The fourth-order valence-electron chi connectivity index (χ4n) is 2.15. The van der Waals surface area contributed by atoms with Gasteiger partial charge in [0.1, 0.15) is 0 Å². The summed E-state index contributed by atoms with van der Waals surface area (Å²) in [6.07, 6.45) is 0. The number of hydrogen-bond acceptors (Lipinski definition) is 4. The van der Waals surface area contributed by atoms with Crippen molar-refractivity contribution < 1.29 is 4.52 Å². The summed E-state index contributed by atoms with van der Waals surface area (Å²) in [4.78, 5) is 4.16. The molecule has 1 heterocycles. The molecule has 2 N–H and O–H groups in total. The van der Waals surface area contributed by atoms with Gasteiger partial charge in [-0.05, 0) is 11.1 Å². The van der Waals surface area contributed by atoms with Gasteiger partial charge >= 0.3 is 6.01 Å². The van der Waals surface area contributed by atoms with Gasteiger partial charge in [0, 0.05) is 0 Å². The summed E-state index contributed by atoms with van der Waals surface area (Å²) in [5.74, 6) is 0.512. The average molecular weight is 251 g/mol. The van der Waals surface area contributed by atoms with Crippen LogP contribution in [0.1, 0.15) is 22.9 Å². The van der Waals surface area contributed by atoms with Gasteiger partial charge in [0.15, 0.2) is 5.82 Å².